The average molecular weight is 197 g/mol. The molecule has 0 saturated heterocycles. The minimum atomic E-state index is -0.254. The van der Waals surface area contributed by atoms with Gasteiger partial charge in [-0.1, -0.05) is 0 Å². The second kappa shape index (κ2) is 2.49. The first-order valence-electron chi connectivity index (χ1n) is 3.51. The highest BCUT2D eigenvalue weighted by Crippen LogP contribution is 2.07. The minimum absolute atomic E-state index is 0.136. The van der Waals surface area contributed by atoms with Crippen molar-refractivity contribution in [1.29, 1.82) is 0 Å². The smallest absolute Gasteiger partial charge is 0.280 e. The predicted molar refractivity (Wildman–Crippen MR) is 50.8 cm³/mol. The summed E-state index contributed by atoms with van der Waals surface area (Å²) in [6, 6.07) is 0. The molecule has 0 aromatic carbocycles. The second-order valence-corrected chi connectivity index (χ2v) is 3.02. The summed E-state index contributed by atoms with van der Waals surface area (Å²) in [4.78, 5) is 22.0. The highest BCUT2D eigenvalue weighted by Gasteiger charge is 2.08. The van der Waals surface area contributed by atoms with Crippen molar-refractivity contribution >= 4 is 29.7 Å². The van der Waals surface area contributed by atoms with Gasteiger partial charge >= 0.3 is 0 Å². The van der Waals surface area contributed by atoms with Crippen LogP contribution in [0.1, 0.15) is 0 Å². The van der Waals surface area contributed by atoms with E-state index in [0.717, 1.165) is 0 Å². The van der Waals surface area contributed by atoms with Gasteiger partial charge in [-0.15, -0.1) is 12.6 Å². The molecule has 0 radical (unpaired) electrons. The number of rotatable bonds is 0. The molecule has 0 bridgehead atoms. The lowest BCUT2D eigenvalue weighted by molar-refractivity contribution is 0.857. The van der Waals surface area contributed by atoms with Gasteiger partial charge in [0.2, 0.25) is 5.95 Å². The van der Waals surface area contributed by atoms with E-state index in [-0.39, 0.29) is 11.5 Å². The van der Waals surface area contributed by atoms with Crippen LogP contribution in [-0.2, 0) is 7.05 Å². The Balaban J connectivity index is 3.01. The first-order chi connectivity index (χ1) is 6.09. The van der Waals surface area contributed by atoms with E-state index in [1.165, 1.54) is 4.57 Å². The molecule has 0 fully saturated rings. The third-order valence-electron chi connectivity index (χ3n) is 1.75. The fourth-order valence-corrected chi connectivity index (χ4v) is 1.24. The third-order valence-corrected chi connectivity index (χ3v) is 1.97. The van der Waals surface area contributed by atoms with Gasteiger partial charge in [0.1, 0.15) is 0 Å². The Labute approximate surface area is 78.2 Å². The molecule has 2 heterocycles. The molecule has 2 aromatic heterocycles. The number of hydrogen-bond donors (Lipinski definition) is 3. The van der Waals surface area contributed by atoms with E-state index in [4.69, 9.17) is 5.73 Å². The normalized spacial score (nSPS) is 10.9. The number of aromatic nitrogens is 4. The van der Waals surface area contributed by atoms with Crippen LogP contribution in [0.2, 0.25) is 0 Å². The quantitative estimate of drug-likeness (QED) is 0.498. The van der Waals surface area contributed by atoms with Crippen LogP contribution in [0.4, 0.5) is 5.95 Å². The van der Waals surface area contributed by atoms with Gasteiger partial charge in [-0.25, -0.2) is 4.98 Å². The molecule has 2 rings (SSSR count). The van der Waals surface area contributed by atoms with Crippen LogP contribution < -0.4 is 11.3 Å². The number of nitrogens with one attached hydrogen (secondary N) is 1. The average Bonchev–Trinajstić information content (AvgIpc) is 2.42. The van der Waals surface area contributed by atoms with Crippen LogP contribution in [0.5, 0.6) is 0 Å². The largest absolute Gasteiger partial charge is 0.369 e. The zero-order valence-corrected chi connectivity index (χ0v) is 7.67. The molecule has 0 saturated carbocycles. The molecule has 3 N–H and O–H groups in total. The van der Waals surface area contributed by atoms with Crippen molar-refractivity contribution in [2.45, 2.75) is 5.16 Å². The Bertz CT molecular complexity index is 528. The first kappa shape index (κ1) is 8.11. The number of anilines is 1. The van der Waals surface area contributed by atoms with Crippen molar-refractivity contribution in [3.8, 4) is 0 Å². The van der Waals surface area contributed by atoms with E-state index in [0.29, 0.717) is 16.3 Å². The lowest BCUT2D eigenvalue weighted by atomic mass is 10.5. The van der Waals surface area contributed by atoms with E-state index in [9.17, 15) is 4.79 Å². The number of nitrogens with two attached hydrogens (primary N) is 1. The molecule has 0 amide bonds. The number of nitrogens with zero attached hydrogens (tertiary/aromatic N) is 3. The van der Waals surface area contributed by atoms with E-state index in [1.54, 1.807) is 7.05 Å². The molecule has 0 spiro atoms. The van der Waals surface area contributed by atoms with E-state index in [1.807, 2.05) is 0 Å². The highest BCUT2D eigenvalue weighted by molar-refractivity contribution is 7.80. The fourth-order valence-electron chi connectivity index (χ4n) is 1.04. The summed E-state index contributed by atoms with van der Waals surface area (Å²) >= 11 is 3.96. The monoisotopic (exact) mass is 197 g/mol. The number of H-pyrrole nitrogens is 1. The van der Waals surface area contributed by atoms with Gasteiger partial charge in [-0.05, 0) is 0 Å². The molecule has 6 nitrogen and oxygen atoms in total. The Kier molecular flexibility index (Phi) is 1.56. The summed E-state index contributed by atoms with van der Waals surface area (Å²) in [6.07, 6.45) is 0. The van der Waals surface area contributed by atoms with Crippen molar-refractivity contribution in [2.75, 3.05) is 5.73 Å². The second-order valence-electron chi connectivity index (χ2n) is 2.59. The lowest BCUT2D eigenvalue weighted by Crippen LogP contribution is -2.21. The molecular formula is C6H7N5OS. The van der Waals surface area contributed by atoms with Crippen molar-refractivity contribution < 1.29 is 0 Å². The maximum absolute atomic E-state index is 11.5. The number of aromatic amines is 1. The maximum atomic E-state index is 11.5. The number of fused-ring (bicyclic) bond motifs is 1. The van der Waals surface area contributed by atoms with E-state index in [2.05, 4.69) is 27.6 Å². The molecule has 7 heteroatoms. The van der Waals surface area contributed by atoms with Gasteiger partial charge in [0.15, 0.2) is 16.3 Å². The molecular weight excluding hydrogens is 190 g/mol. The van der Waals surface area contributed by atoms with E-state index >= 15 is 0 Å². The van der Waals surface area contributed by atoms with Gasteiger partial charge in [0.05, 0.1) is 0 Å². The van der Waals surface area contributed by atoms with Crippen LogP contribution in [0.15, 0.2) is 9.95 Å². The number of thiol groups is 1. The van der Waals surface area contributed by atoms with Crippen molar-refractivity contribution in [1.82, 2.24) is 19.5 Å². The molecule has 68 valence electrons. The Hall–Kier alpha value is -1.50. The van der Waals surface area contributed by atoms with Crippen LogP contribution >= 0.6 is 12.6 Å². The summed E-state index contributed by atoms with van der Waals surface area (Å²) in [5.74, 6) is 0.136. The summed E-state index contributed by atoms with van der Waals surface area (Å²) in [7, 11) is 1.54. The zero-order valence-electron chi connectivity index (χ0n) is 6.77. The van der Waals surface area contributed by atoms with E-state index < -0.39 is 0 Å². The Morgan fingerprint density at radius 1 is 1.54 bits per heavy atom. The summed E-state index contributed by atoms with van der Waals surface area (Å²) in [5.41, 5.74) is 5.83. The SMILES string of the molecule is Cn1c(N)nc2nc(S)[nH]c2c1=O. The summed E-state index contributed by atoms with van der Waals surface area (Å²) in [6.45, 7) is 0. The minimum Gasteiger partial charge on any atom is -0.369 e. The molecule has 0 aliphatic heterocycles. The van der Waals surface area contributed by atoms with Gasteiger partial charge in [-0.2, -0.15) is 4.98 Å². The van der Waals surface area contributed by atoms with Gasteiger partial charge < -0.3 is 10.7 Å². The fraction of sp³-hybridized carbons (Fsp3) is 0.167. The van der Waals surface area contributed by atoms with Gasteiger partial charge in [0.25, 0.3) is 5.56 Å². The Morgan fingerprint density at radius 3 is 2.92 bits per heavy atom. The first-order valence-corrected chi connectivity index (χ1v) is 3.95. The van der Waals surface area contributed by atoms with Gasteiger partial charge in [0, 0.05) is 7.05 Å². The van der Waals surface area contributed by atoms with Crippen LogP contribution in [0.25, 0.3) is 11.2 Å². The van der Waals surface area contributed by atoms with Crippen molar-refractivity contribution in [3.63, 3.8) is 0 Å². The van der Waals surface area contributed by atoms with Crippen LogP contribution in [0, 0.1) is 0 Å². The molecule has 0 unspecified atom stereocenters. The molecule has 13 heavy (non-hydrogen) atoms. The lowest BCUT2D eigenvalue weighted by Gasteiger charge is -1.99. The summed E-state index contributed by atoms with van der Waals surface area (Å²) in [5, 5.41) is 0.352. The standard InChI is InChI=1S/C6H7N5OS/c1-11-4(12)2-3(9-5(11)7)10-6(13)8-2/h1H3,(H2,7,9)(H2,8,10,13). The molecule has 0 atom stereocenters. The molecule has 2 aromatic rings. The highest BCUT2D eigenvalue weighted by atomic mass is 32.1. The number of hydrogen-bond acceptors (Lipinski definition) is 5. The summed E-state index contributed by atoms with van der Waals surface area (Å²) < 4.78 is 1.24. The topological polar surface area (TPSA) is 89.6 Å². The van der Waals surface area contributed by atoms with Crippen LogP contribution in [-0.4, -0.2) is 19.5 Å². The zero-order chi connectivity index (χ0) is 9.59. The predicted octanol–water partition coefficient (Wildman–Crippen LogP) is -0.472. The Morgan fingerprint density at radius 2 is 2.23 bits per heavy atom. The number of imidazole rings is 1. The van der Waals surface area contributed by atoms with Gasteiger partial charge in [-0.3, -0.25) is 9.36 Å². The number of nitrogen functional groups attached to an aromatic ring is 1. The third kappa shape index (κ3) is 1.08. The van der Waals surface area contributed by atoms with Crippen molar-refractivity contribution in [2.24, 2.45) is 7.05 Å². The molecule has 0 aliphatic carbocycles. The molecule has 0 aliphatic rings. The van der Waals surface area contributed by atoms with Crippen molar-refractivity contribution in [3.05, 3.63) is 10.4 Å². The van der Waals surface area contributed by atoms with Crippen LogP contribution in [0.3, 0.4) is 0 Å². The maximum Gasteiger partial charge on any atom is 0.280 e.